The van der Waals surface area contributed by atoms with Crippen LogP contribution in [0.2, 0.25) is 0 Å². The van der Waals surface area contributed by atoms with Crippen molar-refractivity contribution in [3.63, 3.8) is 0 Å². The lowest BCUT2D eigenvalue weighted by Crippen LogP contribution is -2.40. The molecule has 0 radical (unpaired) electrons. The van der Waals surface area contributed by atoms with Gasteiger partial charge in [0.1, 0.15) is 0 Å². The van der Waals surface area contributed by atoms with Crippen LogP contribution in [0.5, 0.6) is 0 Å². The van der Waals surface area contributed by atoms with E-state index < -0.39 is 10.0 Å². The number of sulfonamides is 1. The smallest absolute Gasteiger partial charge is 0.244 e. The van der Waals surface area contributed by atoms with Crippen molar-refractivity contribution in [2.45, 2.75) is 36.6 Å². The summed E-state index contributed by atoms with van der Waals surface area (Å²) < 4.78 is 31.7. The third-order valence-electron chi connectivity index (χ3n) is 4.62. The summed E-state index contributed by atoms with van der Waals surface area (Å²) in [7, 11) is -3.48. The highest BCUT2D eigenvalue weighted by molar-refractivity contribution is 7.89. The van der Waals surface area contributed by atoms with Gasteiger partial charge in [-0.15, -0.1) is 0 Å². The summed E-state index contributed by atoms with van der Waals surface area (Å²) in [4.78, 5) is 12.2. The van der Waals surface area contributed by atoms with E-state index in [1.807, 2.05) is 0 Å². The molecule has 25 heavy (non-hydrogen) atoms. The van der Waals surface area contributed by atoms with Crippen LogP contribution in [-0.4, -0.2) is 51.0 Å². The normalized spacial score (nSPS) is 20.2. The van der Waals surface area contributed by atoms with E-state index in [0.29, 0.717) is 26.3 Å². The topological polar surface area (TPSA) is 75.7 Å². The molecule has 2 fully saturated rings. The molecule has 1 N–H and O–H groups in total. The Morgan fingerprint density at radius 1 is 1.12 bits per heavy atom. The molecule has 0 unspecified atom stereocenters. The Hall–Kier alpha value is -1.70. The van der Waals surface area contributed by atoms with Gasteiger partial charge in [0.15, 0.2) is 0 Å². The van der Waals surface area contributed by atoms with Crippen molar-refractivity contribution in [1.29, 1.82) is 0 Å². The molecule has 1 aromatic carbocycles. The van der Waals surface area contributed by atoms with Gasteiger partial charge in [0.05, 0.1) is 18.1 Å². The van der Waals surface area contributed by atoms with E-state index in [9.17, 15) is 13.2 Å². The number of benzene rings is 1. The summed E-state index contributed by atoms with van der Waals surface area (Å²) in [6, 6.07) is 6.89. The summed E-state index contributed by atoms with van der Waals surface area (Å²) >= 11 is 0. The first-order valence-electron chi connectivity index (χ1n) is 8.72. The molecule has 1 heterocycles. The van der Waals surface area contributed by atoms with Gasteiger partial charge < -0.3 is 10.1 Å². The highest BCUT2D eigenvalue weighted by atomic mass is 32.2. The largest absolute Gasteiger partial charge is 0.379 e. The first-order chi connectivity index (χ1) is 12.1. The van der Waals surface area contributed by atoms with E-state index in [0.717, 1.165) is 18.4 Å². The monoisotopic (exact) mass is 364 g/mol. The fourth-order valence-corrected chi connectivity index (χ4v) is 4.59. The van der Waals surface area contributed by atoms with Gasteiger partial charge in [-0.05, 0) is 36.6 Å². The molecule has 0 atom stereocenters. The quantitative estimate of drug-likeness (QED) is 0.808. The number of morpholine rings is 1. The minimum absolute atomic E-state index is 0.100. The Labute approximate surface area is 148 Å². The van der Waals surface area contributed by atoms with Crippen LogP contribution in [0, 0.1) is 0 Å². The van der Waals surface area contributed by atoms with Crippen molar-refractivity contribution in [1.82, 2.24) is 9.62 Å². The van der Waals surface area contributed by atoms with Gasteiger partial charge in [-0.25, -0.2) is 8.42 Å². The molecule has 3 rings (SSSR count). The fraction of sp³-hybridized carbons (Fsp3) is 0.500. The number of hydrogen-bond donors (Lipinski definition) is 1. The SMILES string of the molecule is O=C(C=Cc1ccc(S(=O)(=O)N2CCOCC2)cc1)NC1CCCC1. The van der Waals surface area contributed by atoms with Crippen LogP contribution in [0.15, 0.2) is 35.2 Å². The zero-order chi connectivity index (χ0) is 17.7. The molecule has 1 saturated carbocycles. The van der Waals surface area contributed by atoms with Crippen LogP contribution < -0.4 is 5.32 Å². The Kier molecular flexibility index (Phi) is 5.88. The lowest BCUT2D eigenvalue weighted by Gasteiger charge is -2.26. The van der Waals surface area contributed by atoms with Crippen molar-refractivity contribution in [2.24, 2.45) is 0 Å². The number of amides is 1. The molecule has 0 bridgehead atoms. The summed E-state index contributed by atoms with van der Waals surface area (Å²) in [5, 5.41) is 2.99. The van der Waals surface area contributed by atoms with Crippen molar-refractivity contribution in [2.75, 3.05) is 26.3 Å². The van der Waals surface area contributed by atoms with Crippen LogP contribution in [0.3, 0.4) is 0 Å². The summed E-state index contributed by atoms with van der Waals surface area (Å²) in [6.07, 6.45) is 7.65. The minimum atomic E-state index is -3.48. The number of rotatable bonds is 5. The van der Waals surface area contributed by atoms with Crippen LogP contribution in [-0.2, 0) is 19.6 Å². The molecule has 0 spiro atoms. The zero-order valence-corrected chi connectivity index (χ0v) is 15.0. The predicted molar refractivity (Wildman–Crippen MR) is 95.5 cm³/mol. The average molecular weight is 364 g/mol. The Morgan fingerprint density at radius 2 is 1.76 bits per heavy atom. The fourth-order valence-electron chi connectivity index (χ4n) is 3.18. The Balaban J connectivity index is 1.61. The van der Waals surface area contributed by atoms with Crippen LogP contribution in [0.25, 0.3) is 6.08 Å². The highest BCUT2D eigenvalue weighted by Crippen LogP contribution is 2.19. The van der Waals surface area contributed by atoms with E-state index >= 15 is 0 Å². The van der Waals surface area contributed by atoms with Crippen molar-refractivity contribution < 1.29 is 17.9 Å². The average Bonchev–Trinajstić information content (AvgIpc) is 3.14. The zero-order valence-electron chi connectivity index (χ0n) is 14.2. The van der Waals surface area contributed by atoms with Crippen LogP contribution >= 0.6 is 0 Å². The van der Waals surface area contributed by atoms with E-state index in [1.54, 1.807) is 30.3 Å². The first-order valence-corrected chi connectivity index (χ1v) is 10.2. The Morgan fingerprint density at radius 3 is 2.40 bits per heavy atom. The van der Waals surface area contributed by atoms with E-state index in [2.05, 4.69) is 5.32 Å². The maximum absolute atomic E-state index is 12.5. The molecule has 1 aliphatic carbocycles. The molecule has 136 valence electrons. The van der Waals surface area contributed by atoms with Crippen LogP contribution in [0.4, 0.5) is 0 Å². The van der Waals surface area contributed by atoms with E-state index in [-0.39, 0.29) is 16.8 Å². The van der Waals surface area contributed by atoms with Crippen molar-refractivity contribution in [3.05, 3.63) is 35.9 Å². The molecular formula is C18H24N2O4S. The van der Waals surface area contributed by atoms with Gasteiger partial charge in [-0.1, -0.05) is 25.0 Å². The van der Waals surface area contributed by atoms with Crippen LogP contribution in [0.1, 0.15) is 31.2 Å². The molecule has 2 aliphatic rings. The van der Waals surface area contributed by atoms with E-state index in [1.165, 1.54) is 23.2 Å². The maximum atomic E-state index is 12.5. The number of carbonyl (C=O) groups excluding carboxylic acids is 1. The number of ether oxygens (including phenoxy) is 1. The van der Waals surface area contributed by atoms with Gasteiger partial charge in [-0.3, -0.25) is 4.79 Å². The number of hydrogen-bond acceptors (Lipinski definition) is 4. The molecular weight excluding hydrogens is 340 g/mol. The van der Waals surface area contributed by atoms with E-state index in [4.69, 9.17) is 4.74 Å². The minimum Gasteiger partial charge on any atom is -0.379 e. The standard InChI is InChI=1S/C18H24N2O4S/c21-18(19-16-3-1-2-4-16)10-7-15-5-8-17(9-6-15)25(22,23)20-11-13-24-14-12-20/h5-10,16H,1-4,11-14H2,(H,19,21). The third kappa shape index (κ3) is 4.68. The second kappa shape index (κ2) is 8.12. The van der Waals surface area contributed by atoms with Gasteiger partial charge in [0.25, 0.3) is 0 Å². The Bertz CT molecular complexity index is 716. The summed E-state index contributed by atoms with van der Waals surface area (Å²) in [5.74, 6) is -0.100. The summed E-state index contributed by atoms with van der Waals surface area (Å²) in [6.45, 7) is 1.61. The number of carbonyl (C=O) groups is 1. The second-order valence-corrected chi connectivity index (χ2v) is 8.35. The van der Waals surface area contributed by atoms with Gasteiger partial charge in [0.2, 0.25) is 15.9 Å². The summed E-state index contributed by atoms with van der Waals surface area (Å²) in [5.41, 5.74) is 0.794. The van der Waals surface area contributed by atoms with Gasteiger partial charge in [0, 0.05) is 25.2 Å². The highest BCUT2D eigenvalue weighted by Gasteiger charge is 2.25. The number of nitrogens with one attached hydrogen (secondary N) is 1. The molecule has 0 aromatic heterocycles. The molecule has 1 aliphatic heterocycles. The van der Waals surface area contributed by atoms with Crippen molar-refractivity contribution in [3.8, 4) is 0 Å². The lowest BCUT2D eigenvalue weighted by molar-refractivity contribution is -0.117. The van der Waals surface area contributed by atoms with Crippen molar-refractivity contribution >= 4 is 22.0 Å². The maximum Gasteiger partial charge on any atom is 0.244 e. The molecule has 1 saturated heterocycles. The lowest BCUT2D eigenvalue weighted by atomic mass is 10.2. The molecule has 7 heteroatoms. The molecule has 6 nitrogen and oxygen atoms in total. The van der Waals surface area contributed by atoms with Gasteiger partial charge >= 0.3 is 0 Å². The molecule has 1 amide bonds. The molecule has 1 aromatic rings. The number of nitrogens with zero attached hydrogens (tertiary/aromatic N) is 1. The van der Waals surface area contributed by atoms with Gasteiger partial charge in [-0.2, -0.15) is 4.31 Å². The second-order valence-electron chi connectivity index (χ2n) is 6.41. The predicted octanol–water partition coefficient (Wildman–Crippen LogP) is 1.78. The first kappa shape index (κ1) is 18.1. The third-order valence-corrected chi connectivity index (χ3v) is 6.53.